The molecule has 2 aliphatic carbocycles. The first-order chi connectivity index (χ1) is 7.58. The summed E-state index contributed by atoms with van der Waals surface area (Å²) in [7, 11) is 1.39. The van der Waals surface area contributed by atoms with Gasteiger partial charge < -0.3 is 9.84 Å². The second kappa shape index (κ2) is 3.74. The Morgan fingerprint density at radius 3 is 3.00 bits per heavy atom. The smallest absolute Gasteiger partial charge is 0.315 e. The van der Waals surface area contributed by atoms with E-state index in [0.717, 1.165) is 12.0 Å². The maximum absolute atomic E-state index is 12.0. The third-order valence-electron chi connectivity index (χ3n) is 4.13. The minimum Gasteiger partial charge on any atom is -0.468 e. The van der Waals surface area contributed by atoms with Gasteiger partial charge in [0.15, 0.2) is 0 Å². The van der Waals surface area contributed by atoms with Crippen LogP contribution >= 0.6 is 0 Å². The van der Waals surface area contributed by atoms with Gasteiger partial charge in [-0.15, -0.1) is 0 Å². The Balaban J connectivity index is 2.42. The zero-order chi connectivity index (χ0) is 11.8. The number of carbonyl (C=O) groups excluding carboxylic acids is 1. The Labute approximate surface area is 95.8 Å². The number of hydrogen-bond acceptors (Lipinski definition) is 3. The van der Waals surface area contributed by atoms with Crippen LogP contribution in [0.25, 0.3) is 0 Å². The molecule has 2 atom stereocenters. The molecule has 3 nitrogen and oxygen atoms in total. The Morgan fingerprint density at radius 2 is 2.38 bits per heavy atom. The Morgan fingerprint density at radius 1 is 1.62 bits per heavy atom. The molecule has 1 fully saturated rings. The minimum absolute atomic E-state index is 0.278. The largest absolute Gasteiger partial charge is 0.468 e. The van der Waals surface area contributed by atoms with Gasteiger partial charge in [0.25, 0.3) is 0 Å². The third-order valence-corrected chi connectivity index (χ3v) is 4.13. The molecule has 0 bridgehead atoms. The number of fused-ring (bicyclic) bond motifs is 1. The molecule has 0 aromatic heterocycles. The molecule has 2 rings (SSSR count). The van der Waals surface area contributed by atoms with Crippen molar-refractivity contribution >= 4 is 5.97 Å². The lowest BCUT2D eigenvalue weighted by Crippen LogP contribution is -2.51. The molecule has 2 unspecified atom stereocenters. The maximum Gasteiger partial charge on any atom is 0.315 e. The molecule has 0 spiro atoms. The van der Waals surface area contributed by atoms with Crippen molar-refractivity contribution in [2.24, 2.45) is 5.41 Å². The van der Waals surface area contributed by atoms with Gasteiger partial charge in [-0.2, -0.15) is 0 Å². The van der Waals surface area contributed by atoms with E-state index in [1.54, 1.807) is 6.08 Å². The Hall–Kier alpha value is -1.09. The van der Waals surface area contributed by atoms with Crippen LogP contribution in [0.3, 0.4) is 0 Å². The van der Waals surface area contributed by atoms with Crippen molar-refractivity contribution in [1.82, 2.24) is 0 Å². The topological polar surface area (TPSA) is 46.5 Å². The number of hydrogen-bond donors (Lipinski definition) is 1. The van der Waals surface area contributed by atoms with Crippen molar-refractivity contribution in [2.75, 3.05) is 7.11 Å². The van der Waals surface area contributed by atoms with Gasteiger partial charge in [0.05, 0.1) is 12.7 Å². The highest BCUT2D eigenvalue weighted by Crippen LogP contribution is 2.55. The number of aliphatic hydroxyl groups is 1. The van der Waals surface area contributed by atoms with Crippen LogP contribution in [0, 0.1) is 5.41 Å². The monoisotopic (exact) mass is 222 g/mol. The van der Waals surface area contributed by atoms with Crippen LogP contribution in [-0.2, 0) is 9.53 Å². The lowest BCUT2D eigenvalue weighted by Gasteiger charge is -2.42. The van der Waals surface area contributed by atoms with Crippen molar-refractivity contribution in [3.8, 4) is 0 Å². The Bertz CT molecular complexity index is 358. The van der Waals surface area contributed by atoms with Crippen LogP contribution < -0.4 is 0 Å². The van der Waals surface area contributed by atoms with Gasteiger partial charge in [0, 0.05) is 0 Å². The molecule has 0 aromatic rings. The van der Waals surface area contributed by atoms with E-state index in [9.17, 15) is 9.90 Å². The van der Waals surface area contributed by atoms with Crippen molar-refractivity contribution in [3.63, 3.8) is 0 Å². The molecule has 0 saturated heterocycles. The molecular weight excluding hydrogens is 204 g/mol. The molecule has 0 heterocycles. The highest BCUT2D eigenvalue weighted by molar-refractivity contribution is 5.80. The molecule has 1 saturated carbocycles. The van der Waals surface area contributed by atoms with Crippen LogP contribution in [-0.4, -0.2) is 23.8 Å². The summed E-state index contributed by atoms with van der Waals surface area (Å²) < 4.78 is 4.89. The van der Waals surface area contributed by atoms with Gasteiger partial charge >= 0.3 is 5.97 Å². The van der Waals surface area contributed by atoms with Gasteiger partial charge in [-0.1, -0.05) is 24.3 Å². The maximum atomic E-state index is 12.0. The fourth-order valence-electron chi connectivity index (χ4n) is 3.14. The normalized spacial score (nSPS) is 37.5. The van der Waals surface area contributed by atoms with E-state index in [1.807, 2.05) is 6.08 Å². The van der Waals surface area contributed by atoms with Crippen LogP contribution in [0.15, 0.2) is 24.3 Å². The molecule has 0 amide bonds. The first-order valence-electron chi connectivity index (χ1n) is 5.70. The van der Waals surface area contributed by atoms with E-state index in [0.29, 0.717) is 25.7 Å². The minimum atomic E-state index is -0.910. The SMILES string of the molecule is C=CC1=CCC2(O)CCCC2(C(=O)OC)C1. The zero-order valence-electron chi connectivity index (χ0n) is 9.66. The summed E-state index contributed by atoms with van der Waals surface area (Å²) in [6, 6.07) is 0. The summed E-state index contributed by atoms with van der Waals surface area (Å²) in [6.07, 6.45) is 7.11. The van der Waals surface area contributed by atoms with E-state index in [4.69, 9.17) is 4.74 Å². The third kappa shape index (κ3) is 1.34. The number of carbonyl (C=O) groups is 1. The predicted octanol–water partition coefficient (Wildman–Crippen LogP) is 1.97. The first kappa shape index (κ1) is 11.4. The van der Waals surface area contributed by atoms with E-state index in [1.165, 1.54) is 7.11 Å². The van der Waals surface area contributed by atoms with Crippen LogP contribution in [0.2, 0.25) is 0 Å². The van der Waals surface area contributed by atoms with Gasteiger partial charge in [0.1, 0.15) is 5.41 Å². The average Bonchev–Trinajstić information content (AvgIpc) is 2.65. The number of ether oxygens (including phenoxy) is 1. The number of methoxy groups -OCH3 is 1. The molecule has 0 aromatic carbocycles. The van der Waals surface area contributed by atoms with E-state index in [2.05, 4.69) is 6.58 Å². The van der Waals surface area contributed by atoms with Gasteiger partial charge in [-0.25, -0.2) is 0 Å². The summed E-state index contributed by atoms with van der Waals surface area (Å²) >= 11 is 0. The van der Waals surface area contributed by atoms with Gasteiger partial charge in [-0.05, 0) is 32.1 Å². The van der Waals surface area contributed by atoms with E-state index in [-0.39, 0.29) is 5.97 Å². The molecule has 0 radical (unpaired) electrons. The fraction of sp³-hybridized carbons (Fsp3) is 0.615. The van der Waals surface area contributed by atoms with Crippen LogP contribution in [0.5, 0.6) is 0 Å². The lowest BCUT2D eigenvalue weighted by atomic mass is 9.65. The van der Waals surface area contributed by atoms with Crippen LogP contribution in [0.4, 0.5) is 0 Å². The Kier molecular flexibility index (Phi) is 2.66. The second-order valence-corrected chi connectivity index (χ2v) is 4.82. The van der Waals surface area contributed by atoms with Gasteiger partial charge in [0.2, 0.25) is 0 Å². The summed E-state index contributed by atoms with van der Waals surface area (Å²) in [5.74, 6) is -0.278. The molecule has 2 aliphatic rings. The number of esters is 1. The highest BCUT2D eigenvalue weighted by atomic mass is 16.5. The van der Waals surface area contributed by atoms with E-state index < -0.39 is 11.0 Å². The van der Waals surface area contributed by atoms with Crippen LogP contribution in [0.1, 0.15) is 32.1 Å². The van der Waals surface area contributed by atoms with Gasteiger partial charge in [-0.3, -0.25) is 4.79 Å². The fourth-order valence-corrected chi connectivity index (χ4v) is 3.14. The molecule has 1 N–H and O–H groups in total. The highest BCUT2D eigenvalue weighted by Gasteiger charge is 2.60. The molecule has 0 aliphatic heterocycles. The van der Waals surface area contributed by atoms with Crippen molar-refractivity contribution in [3.05, 3.63) is 24.3 Å². The predicted molar refractivity (Wildman–Crippen MR) is 60.8 cm³/mol. The summed E-state index contributed by atoms with van der Waals surface area (Å²) in [5, 5.41) is 10.6. The number of rotatable bonds is 2. The standard InChI is InChI=1S/C13H18O3/c1-3-10-5-8-13(15)7-4-6-12(13,9-10)11(14)16-2/h3,5,15H,1,4,6-9H2,2H3. The average molecular weight is 222 g/mol. The molecule has 88 valence electrons. The summed E-state index contributed by atoms with van der Waals surface area (Å²) in [5.41, 5.74) is -0.607. The van der Waals surface area contributed by atoms with Crippen molar-refractivity contribution in [2.45, 2.75) is 37.7 Å². The lowest BCUT2D eigenvalue weighted by molar-refractivity contribution is -0.169. The second-order valence-electron chi connectivity index (χ2n) is 4.82. The first-order valence-corrected chi connectivity index (χ1v) is 5.70. The van der Waals surface area contributed by atoms with E-state index >= 15 is 0 Å². The van der Waals surface area contributed by atoms with Crippen molar-refractivity contribution in [1.29, 1.82) is 0 Å². The molecule has 16 heavy (non-hydrogen) atoms. The quantitative estimate of drug-likeness (QED) is 0.726. The zero-order valence-corrected chi connectivity index (χ0v) is 9.66. The summed E-state index contributed by atoms with van der Waals surface area (Å²) in [6.45, 7) is 3.74. The molecular formula is C13H18O3. The van der Waals surface area contributed by atoms with Crippen molar-refractivity contribution < 1.29 is 14.6 Å². The molecule has 3 heteroatoms. The summed E-state index contributed by atoms with van der Waals surface area (Å²) in [4.78, 5) is 12.0. The number of allylic oxidation sites excluding steroid dienone is 2.